The number of thiazole rings is 1. The van der Waals surface area contributed by atoms with E-state index in [1.807, 2.05) is 35.7 Å². The number of anilines is 2. The first-order valence-corrected chi connectivity index (χ1v) is 8.77. The minimum Gasteiger partial charge on any atom is -0.459 e. The fourth-order valence-electron chi connectivity index (χ4n) is 3.38. The third kappa shape index (κ3) is 3.15. The van der Waals surface area contributed by atoms with Crippen molar-refractivity contribution in [1.82, 2.24) is 4.98 Å². The van der Waals surface area contributed by atoms with E-state index in [1.165, 1.54) is 11.3 Å². The number of para-hydroxylation sites is 1. The normalized spacial score (nSPS) is 24.8. The number of benzene rings is 1. The number of nitrogens with zero attached hydrogens (tertiary/aromatic N) is 1. The van der Waals surface area contributed by atoms with Gasteiger partial charge in [0.25, 0.3) is 0 Å². The summed E-state index contributed by atoms with van der Waals surface area (Å²) < 4.78 is 5.47. The van der Waals surface area contributed by atoms with Gasteiger partial charge in [-0.1, -0.05) is 30.4 Å². The van der Waals surface area contributed by atoms with Gasteiger partial charge < -0.3 is 10.1 Å². The van der Waals surface area contributed by atoms with E-state index in [-0.39, 0.29) is 18.5 Å². The van der Waals surface area contributed by atoms with Crippen molar-refractivity contribution in [1.29, 1.82) is 0 Å². The van der Waals surface area contributed by atoms with E-state index in [0.29, 0.717) is 11.8 Å². The van der Waals surface area contributed by atoms with E-state index in [2.05, 4.69) is 22.5 Å². The molecule has 0 unspecified atom stereocenters. The van der Waals surface area contributed by atoms with E-state index in [1.54, 1.807) is 0 Å². The Balaban J connectivity index is 1.31. The predicted octanol–water partition coefficient (Wildman–Crippen LogP) is 4.14. The molecule has 2 aliphatic rings. The second-order valence-corrected chi connectivity index (χ2v) is 6.99. The monoisotopic (exact) mass is 326 g/mol. The molecule has 4 nitrogen and oxygen atoms in total. The second-order valence-electron chi connectivity index (χ2n) is 6.13. The molecule has 0 saturated heterocycles. The molecule has 1 saturated carbocycles. The first kappa shape index (κ1) is 14.5. The van der Waals surface area contributed by atoms with E-state index in [0.717, 1.165) is 29.4 Å². The molecule has 23 heavy (non-hydrogen) atoms. The van der Waals surface area contributed by atoms with Crippen LogP contribution in [-0.2, 0) is 16.1 Å². The van der Waals surface area contributed by atoms with Gasteiger partial charge in [0.05, 0.1) is 11.6 Å². The molecule has 1 aromatic heterocycles. The van der Waals surface area contributed by atoms with Crippen LogP contribution in [0.15, 0.2) is 47.9 Å². The summed E-state index contributed by atoms with van der Waals surface area (Å²) in [5.74, 6) is 0.940. The van der Waals surface area contributed by atoms with Crippen molar-refractivity contribution in [2.75, 3.05) is 5.32 Å². The van der Waals surface area contributed by atoms with Gasteiger partial charge in [-0.05, 0) is 36.8 Å². The van der Waals surface area contributed by atoms with Crippen LogP contribution in [0.4, 0.5) is 10.8 Å². The van der Waals surface area contributed by atoms with Crippen LogP contribution >= 0.6 is 11.3 Å². The molecule has 1 aromatic carbocycles. The van der Waals surface area contributed by atoms with Gasteiger partial charge in [-0.15, -0.1) is 11.3 Å². The van der Waals surface area contributed by atoms with E-state index < -0.39 is 0 Å². The van der Waals surface area contributed by atoms with Crippen molar-refractivity contribution in [3.8, 4) is 0 Å². The average molecular weight is 326 g/mol. The van der Waals surface area contributed by atoms with Crippen LogP contribution in [0.5, 0.6) is 0 Å². The lowest BCUT2D eigenvalue weighted by Crippen LogP contribution is -2.21. The Labute approximate surface area is 139 Å². The first-order chi connectivity index (χ1) is 11.3. The quantitative estimate of drug-likeness (QED) is 0.663. The summed E-state index contributed by atoms with van der Waals surface area (Å²) in [6.07, 6.45) is 6.46. The summed E-state index contributed by atoms with van der Waals surface area (Å²) >= 11 is 1.52. The number of carbonyl (C=O) groups excluding carboxylic acids is 1. The van der Waals surface area contributed by atoms with Gasteiger partial charge in [0.15, 0.2) is 5.13 Å². The lowest BCUT2D eigenvalue weighted by molar-refractivity contribution is -0.150. The summed E-state index contributed by atoms with van der Waals surface area (Å²) in [5.41, 5.74) is 1.79. The van der Waals surface area contributed by atoms with Crippen molar-refractivity contribution in [2.45, 2.75) is 19.4 Å². The van der Waals surface area contributed by atoms with Gasteiger partial charge >= 0.3 is 5.97 Å². The molecule has 1 N–H and O–H groups in total. The minimum atomic E-state index is -0.0765. The molecule has 118 valence electrons. The molecule has 1 heterocycles. The van der Waals surface area contributed by atoms with Gasteiger partial charge in [0.2, 0.25) is 0 Å². The van der Waals surface area contributed by atoms with Crippen molar-refractivity contribution in [3.63, 3.8) is 0 Å². The number of ether oxygens (including phenoxy) is 1. The average Bonchev–Trinajstić information content (AvgIpc) is 3.30. The maximum absolute atomic E-state index is 12.2. The summed E-state index contributed by atoms with van der Waals surface area (Å²) in [6, 6.07) is 9.90. The Morgan fingerprint density at radius 2 is 2.13 bits per heavy atom. The summed E-state index contributed by atoms with van der Waals surface area (Å²) in [5, 5.41) is 5.99. The van der Waals surface area contributed by atoms with Crippen LogP contribution in [0, 0.1) is 17.8 Å². The molecular formula is C18H18N2O2S. The molecular weight excluding hydrogens is 308 g/mol. The van der Waals surface area contributed by atoms with E-state index >= 15 is 0 Å². The molecule has 0 aliphatic heterocycles. The Morgan fingerprint density at radius 3 is 2.87 bits per heavy atom. The number of aromatic nitrogens is 1. The van der Waals surface area contributed by atoms with Crippen LogP contribution in [0.3, 0.4) is 0 Å². The summed E-state index contributed by atoms with van der Waals surface area (Å²) in [7, 11) is 0. The molecule has 2 bridgehead atoms. The fraction of sp³-hybridized carbons (Fsp3) is 0.333. The highest BCUT2D eigenvalue weighted by molar-refractivity contribution is 7.13. The summed E-state index contributed by atoms with van der Waals surface area (Å²) in [6.45, 7) is 0.253. The molecule has 2 aliphatic carbocycles. The van der Waals surface area contributed by atoms with Crippen LogP contribution in [0.25, 0.3) is 0 Å². The predicted molar refractivity (Wildman–Crippen MR) is 90.5 cm³/mol. The standard InChI is InChI=1S/C18H18N2O2S/c21-17(16-9-12-6-7-13(16)8-12)22-10-15-11-23-18(20-15)19-14-4-2-1-3-5-14/h1-7,11-13,16H,8-10H2,(H,19,20)/t12-,13-,16+/m0/s1. The van der Waals surface area contributed by atoms with Crippen molar-refractivity contribution >= 4 is 28.1 Å². The third-order valence-corrected chi connectivity index (χ3v) is 5.33. The number of fused-ring (bicyclic) bond motifs is 2. The third-order valence-electron chi connectivity index (χ3n) is 4.52. The van der Waals surface area contributed by atoms with Gasteiger partial charge in [-0.25, -0.2) is 4.98 Å². The van der Waals surface area contributed by atoms with Crippen molar-refractivity contribution < 1.29 is 9.53 Å². The van der Waals surface area contributed by atoms with Gasteiger partial charge in [-0.3, -0.25) is 4.79 Å². The van der Waals surface area contributed by atoms with Gasteiger partial charge in [0.1, 0.15) is 6.61 Å². The maximum atomic E-state index is 12.2. The highest BCUT2D eigenvalue weighted by Gasteiger charge is 2.40. The second kappa shape index (κ2) is 6.16. The largest absolute Gasteiger partial charge is 0.459 e. The Morgan fingerprint density at radius 1 is 1.26 bits per heavy atom. The zero-order valence-electron chi connectivity index (χ0n) is 12.6. The summed E-state index contributed by atoms with van der Waals surface area (Å²) in [4.78, 5) is 16.7. The highest BCUT2D eigenvalue weighted by atomic mass is 32.1. The molecule has 0 radical (unpaired) electrons. The Hall–Kier alpha value is -2.14. The van der Waals surface area contributed by atoms with Crippen LogP contribution in [0.2, 0.25) is 0 Å². The molecule has 5 heteroatoms. The van der Waals surface area contributed by atoms with Crippen LogP contribution in [0.1, 0.15) is 18.5 Å². The number of allylic oxidation sites excluding steroid dienone is 2. The van der Waals surface area contributed by atoms with Gasteiger partial charge in [0, 0.05) is 11.1 Å². The fourth-order valence-corrected chi connectivity index (χ4v) is 4.09. The number of carbonyl (C=O) groups is 1. The number of esters is 1. The van der Waals surface area contributed by atoms with E-state index in [9.17, 15) is 4.79 Å². The van der Waals surface area contributed by atoms with Crippen molar-refractivity contribution in [2.24, 2.45) is 17.8 Å². The zero-order valence-corrected chi connectivity index (χ0v) is 13.5. The SMILES string of the molecule is O=C(OCc1csc(Nc2ccccc2)n1)[C@@H]1C[C@H]2C=C[C@H]1C2. The van der Waals surface area contributed by atoms with E-state index in [4.69, 9.17) is 4.74 Å². The number of hydrogen-bond acceptors (Lipinski definition) is 5. The molecule has 0 spiro atoms. The molecule has 4 rings (SSSR count). The number of rotatable bonds is 5. The molecule has 0 amide bonds. The molecule has 3 atom stereocenters. The zero-order chi connectivity index (χ0) is 15.6. The minimum absolute atomic E-state index is 0.0468. The molecule has 2 aromatic rings. The topological polar surface area (TPSA) is 51.2 Å². The number of nitrogens with one attached hydrogen (secondary N) is 1. The van der Waals surface area contributed by atoms with Gasteiger partial charge in [-0.2, -0.15) is 0 Å². The maximum Gasteiger partial charge on any atom is 0.309 e. The number of hydrogen-bond donors (Lipinski definition) is 1. The van der Waals surface area contributed by atoms with Crippen LogP contribution < -0.4 is 5.32 Å². The Bertz CT molecular complexity index is 726. The smallest absolute Gasteiger partial charge is 0.309 e. The Kier molecular flexibility index (Phi) is 3.87. The van der Waals surface area contributed by atoms with Crippen molar-refractivity contribution in [3.05, 3.63) is 53.6 Å². The molecule has 1 fully saturated rings. The van der Waals surface area contributed by atoms with Crippen LogP contribution in [-0.4, -0.2) is 11.0 Å². The first-order valence-electron chi connectivity index (χ1n) is 7.89. The lowest BCUT2D eigenvalue weighted by atomic mass is 9.94. The lowest BCUT2D eigenvalue weighted by Gasteiger charge is -2.16. The highest BCUT2D eigenvalue weighted by Crippen LogP contribution is 2.43.